The summed E-state index contributed by atoms with van der Waals surface area (Å²) < 4.78 is 5.50. The molecule has 3 heteroatoms. The predicted octanol–water partition coefficient (Wildman–Crippen LogP) is 3.45. The molecule has 2 N–H and O–H groups in total. The minimum Gasteiger partial charge on any atom is -0.494 e. The van der Waals surface area contributed by atoms with Crippen molar-refractivity contribution < 1.29 is 4.74 Å². The molecule has 20 heavy (non-hydrogen) atoms. The number of nitrogens with zero attached hydrogens (tertiary/aromatic N) is 1. The maximum absolute atomic E-state index is 5.86. The monoisotopic (exact) mass is 278 g/mol. The minimum absolute atomic E-state index is 0.148. The van der Waals surface area contributed by atoms with Gasteiger partial charge in [0.2, 0.25) is 0 Å². The Balaban J connectivity index is 2.77. The Morgan fingerprint density at radius 1 is 1.20 bits per heavy atom. The van der Waals surface area contributed by atoms with Gasteiger partial charge in [-0.1, -0.05) is 32.9 Å². The van der Waals surface area contributed by atoms with E-state index in [0.29, 0.717) is 19.2 Å². The molecule has 1 aromatic rings. The Morgan fingerprint density at radius 2 is 1.80 bits per heavy atom. The molecule has 0 aromatic heterocycles. The summed E-state index contributed by atoms with van der Waals surface area (Å²) in [6.45, 7) is 14.4. The van der Waals surface area contributed by atoms with Crippen LogP contribution in [0.15, 0.2) is 24.3 Å². The maximum Gasteiger partial charge on any atom is 0.119 e. The first kappa shape index (κ1) is 17.0. The van der Waals surface area contributed by atoms with Gasteiger partial charge in [-0.3, -0.25) is 4.90 Å². The highest BCUT2D eigenvalue weighted by atomic mass is 16.5. The summed E-state index contributed by atoms with van der Waals surface area (Å²) >= 11 is 0. The van der Waals surface area contributed by atoms with Crippen LogP contribution >= 0.6 is 0 Å². The lowest BCUT2D eigenvalue weighted by Gasteiger charge is -2.35. The first-order valence-electron chi connectivity index (χ1n) is 7.60. The van der Waals surface area contributed by atoms with Crippen LogP contribution < -0.4 is 10.5 Å². The maximum atomic E-state index is 5.86. The lowest BCUT2D eigenvalue weighted by molar-refractivity contribution is 0.148. The zero-order valence-electron chi connectivity index (χ0n) is 13.6. The molecule has 0 saturated heterocycles. The fourth-order valence-corrected chi connectivity index (χ4v) is 2.36. The van der Waals surface area contributed by atoms with Crippen LogP contribution in [-0.4, -0.2) is 31.1 Å². The molecular weight excluding hydrogens is 248 g/mol. The van der Waals surface area contributed by atoms with E-state index in [0.717, 1.165) is 18.8 Å². The molecule has 3 nitrogen and oxygen atoms in total. The molecule has 0 saturated carbocycles. The van der Waals surface area contributed by atoms with Crippen LogP contribution in [0.3, 0.4) is 0 Å². The fourth-order valence-electron chi connectivity index (χ4n) is 2.36. The third-order valence-electron chi connectivity index (χ3n) is 3.81. The molecule has 1 atom stereocenters. The molecule has 114 valence electrons. The van der Waals surface area contributed by atoms with E-state index >= 15 is 0 Å². The smallest absolute Gasteiger partial charge is 0.119 e. The van der Waals surface area contributed by atoms with Crippen molar-refractivity contribution in [1.82, 2.24) is 4.90 Å². The van der Waals surface area contributed by atoms with Crippen molar-refractivity contribution in [3.05, 3.63) is 29.8 Å². The second kappa shape index (κ2) is 7.65. The van der Waals surface area contributed by atoms with Gasteiger partial charge in [-0.05, 0) is 50.0 Å². The van der Waals surface area contributed by atoms with E-state index in [9.17, 15) is 0 Å². The summed E-state index contributed by atoms with van der Waals surface area (Å²) in [5.74, 6) is 0.939. The lowest BCUT2D eigenvalue weighted by atomic mass is 9.92. The van der Waals surface area contributed by atoms with Gasteiger partial charge >= 0.3 is 0 Å². The molecule has 0 radical (unpaired) electrons. The highest BCUT2D eigenvalue weighted by molar-refractivity contribution is 5.29. The molecule has 1 rings (SSSR count). The average molecular weight is 278 g/mol. The van der Waals surface area contributed by atoms with Crippen LogP contribution in [0.2, 0.25) is 0 Å². The quantitative estimate of drug-likeness (QED) is 0.791. The molecule has 1 unspecified atom stereocenters. The van der Waals surface area contributed by atoms with Gasteiger partial charge in [0.05, 0.1) is 6.61 Å². The van der Waals surface area contributed by atoms with Crippen LogP contribution in [0.25, 0.3) is 0 Å². The minimum atomic E-state index is 0.148. The van der Waals surface area contributed by atoms with E-state index in [4.69, 9.17) is 10.5 Å². The first-order chi connectivity index (χ1) is 9.43. The van der Waals surface area contributed by atoms with Crippen molar-refractivity contribution in [1.29, 1.82) is 0 Å². The molecule has 0 heterocycles. The second-order valence-corrected chi connectivity index (χ2v) is 6.11. The summed E-state index contributed by atoms with van der Waals surface area (Å²) in [7, 11) is 0. The van der Waals surface area contributed by atoms with Crippen LogP contribution in [0.4, 0.5) is 0 Å². The SMILES string of the molecule is CCOc1ccc(C(C)N(CC)CC(C)(C)CN)cc1. The summed E-state index contributed by atoms with van der Waals surface area (Å²) in [5, 5.41) is 0. The lowest BCUT2D eigenvalue weighted by Crippen LogP contribution is -2.39. The van der Waals surface area contributed by atoms with Crippen LogP contribution in [0.5, 0.6) is 5.75 Å². The normalized spacial score (nSPS) is 13.6. The van der Waals surface area contributed by atoms with Gasteiger partial charge in [-0.25, -0.2) is 0 Å². The molecular formula is C17H30N2O. The van der Waals surface area contributed by atoms with E-state index in [1.54, 1.807) is 0 Å². The third kappa shape index (κ3) is 4.80. The van der Waals surface area contributed by atoms with Crippen molar-refractivity contribution in [2.24, 2.45) is 11.1 Å². The summed E-state index contributed by atoms with van der Waals surface area (Å²) in [5.41, 5.74) is 7.33. The number of hydrogen-bond donors (Lipinski definition) is 1. The fraction of sp³-hybridized carbons (Fsp3) is 0.647. The predicted molar refractivity (Wildman–Crippen MR) is 86.1 cm³/mol. The number of nitrogens with two attached hydrogens (primary N) is 1. The topological polar surface area (TPSA) is 38.5 Å². The number of benzene rings is 1. The zero-order valence-corrected chi connectivity index (χ0v) is 13.6. The van der Waals surface area contributed by atoms with Gasteiger partial charge in [-0.15, -0.1) is 0 Å². The molecule has 0 aliphatic rings. The van der Waals surface area contributed by atoms with Gasteiger partial charge < -0.3 is 10.5 Å². The van der Waals surface area contributed by atoms with Gasteiger partial charge in [0.1, 0.15) is 5.75 Å². The standard InChI is InChI=1S/C17H30N2O/c1-6-19(13-17(4,5)12-18)14(3)15-8-10-16(11-9-15)20-7-2/h8-11,14H,6-7,12-13,18H2,1-5H3. The summed E-state index contributed by atoms with van der Waals surface area (Å²) in [4.78, 5) is 2.47. The van der Waals surface area contributed by atoms with Gasteiger partial charge in [0.25, 0.3) is 0 Å². The van der Waals surface area contributed by atoms with Crippen LogP contribution in [-0.2, 0) is 0 Å². The van der Waals surface area contributed by atoms with Crippen molar-refractivity contribution in [3.63, 3.8) is 0 Å². The molecule has 0 bridgehead atoms. The average Bonchev–Trinajstić information content (AvgIpc) is 2.45. The third-order valence-corrected chi connectivity index (χ3v) is 3.81. The number of hydrogen-bond acceptors (Lipinski definition) is 3. The van der Waals surface area contributed by atoms with E-state index in [2.05, 4.69) is 56.9 Å². The molecule has 1 aromatic carbocycles. The molecule has 0 amide bonds. The first-order valence-corrected chi connectivity index (χ1v) is 7.60. The number of ether oxygens (including phenoxy) is 1. The Labute approximate surface area is 124 Å². The largest absolute Gasteiger partial charge is 0.494 e. The molecule has 0 spiro atoms. The number of rotatable bonds is 8. The van der Waals surface area contributed by atoms with E-state index in [1.165, 1.54) is 5.56 Å². The Morgan fingerprint density at radius 3 is 2.25 bits per heavy atom. The second-order valence-electron chi connectivity index (χ2n) is 6.11. The Bertz CT molecular complexity index is 386. The van der Waals surface area contributed by atoms with Crippen molar-refractivity contribution >= 4 is 0 Å². The van der Waals surface area contributed by atoms with Crippen molar-refractivity contribution in [2.75, 3.05) is 26.2 Å². The van der Waals surface area contributed by atoms with E-state index < -0.39 is 0 Å². The van der Waals surface area contributed by atoms with Gasteiger partial charge in [-0.2, -0.15) is 0 Å². The Kier molecular flexibility index (Phi) is 6.50. The van der Waals surface area contributed by atoms with Crippen molar-refractivity contribution in [3.8, 4) is 5.75 Å². The zero-order chi connectivity index (χ0) is 15.2. The van der Waals surface area contributed by atoms with Crippen molar-refractivity contribution in [2.45, 2.75) is 40.7 Å². The molecule has 0 fully saturated rings. The van der Waals surface area contributed by atoms with E-state index in [-0.39, 0.29) is 5.41 Å². The highest BCUT2D eigenvalue weighted by Crippen LogP contribution is 2.26. The van der Waals surface area contributed by atoms with E-state index in [1.807, 2.05) is 6.92 Å². The molecule has 0 aliphatic carbocycles. The van der Waals surface area contributed by atoms with Gasteiger partial charge in [0, 0.05) is 12.6 Å². The highest BCUT2D eigenvalue weighted by Gasteiger charge is 2.23. The van der Waals surface area contributed by atoms with Crippen LogP contribution in [0.1, 0.15) is 46.2 Å². The summed E-state index contributed by atoms with van der Waals surface area (Å²) in [6, 6.07) is 8.82. The van der Waals surface area contributed by atoms with Gasteiger partial charge in [0.15, 0.2) is 0 Å². The Hall–Kier alpha value is -1.06. The molecule has 0 aliphatic heterocycles. The van der Waals surface area contributed by atoms with Crippen LogP contribution in [0, 0.1) is 5.41 Å². The summed E-state index contributed by atoms with van der Waals surface area (Å²) in [6.07, 6.45) is 0.